The van der Waals surface area contributed by atoms with Crippen molar-refractivity contribution in [1.82, 2.24) is 0 Å². The number of methoxy groups -OCH3 is 2. The lowest BCUT2D eigenvalue weighted by atomic mass is 10.2. The number of benzene rings is 2. The van der Waals surface area contributed by atoms with Crippen molar-refractivity contribution in [3.63, 3.8) is 0 Å². The Balaban J connectivity index is 2.14. The van der Waals surface area contributed by atoms with Gasteiger partial charge in [0.2, 0.25) is 15.9 Å². The number of anilines is 2. The fourth-order valence-electron chi connectivity index (χ4n) is 2.45. The Labute approximate surface area is 157 Å². The Bertz CT molecular complexity index is 918. The zero-order valence-electron chi connectivity index (χ0n) is 15.2. The number of para-hydroxylation sites is 1. The van der Waals surface area contributed by atoms with Crippen LogP contribution in [0.25, 0.3) is 0 Å². The van der Waals surface area contributed by atoms with Crippen molar-refractivity contribution in [3.8, 4) is 11.5 Å². The van der Waals surface area contributed by atoms with Crippen LogP contribution in [0.5, 0.6) is 11.5 Å². The number of rotatable bonds is 8. The maximum absolute atomic E-state index is 14.0. The predicted octanol–water partition coefficient (Wildman–Crippen LogP) is 2.64. The summed E-state index contributed by atoms with van der Waals surface area (Å²) in [6.45, 7) is -0.210. The minimum absolute atomic E-state index is 0.105. The van der Waals surface area contributed by atoms with Crippen LogP contribution in [-0.4, -0.2) is 41.3 Å². The van der Waals surface area contributed by atoms with Crippen LogP contribution in [-0.2, 0) is 14.8 Å². The van der Waals surface area contributed by atoms with Gasteiger partial charge in [0.15, 0.2) is 0 Å². The largest absolute Gasteiger partial charge is 0.497 e. The van der Waals surface area contributed by atoms with E-state index in [1.165, 1.54) is 32.4 Å². The summed E-state index contributed by atoms with van der Waals surface area (Å²) in [6.07, 6.45) is 0.782. The van der Waals surface area contributed by atoms with Crippen molar-refractivity contribution < 1.29 is 27.1 Å². The maximum atomic E-state index is 14.0. The molecule has 0 fully saturated rings. The first-order valence-corrected chi connectivity index (χ1v) is 9.85. The molecule has 0 heterocycles. The molecule has 0 aliphatic rings. The molecule has 0 aliphatic carbocycles. The van der Waals surface area contributed by atoms with Crippen LogP contribution in [0, 0.1) is 5.82 Å². The van der Waals surface area contributed by atoms with E-state index in [9.17, 15) is 17.6 Å². The van der Waals surface area contributed by atoms with Crippen LogP contribution >= 0.6 is 0 Å². The Kier molecular flexibility index (Phi) is 6.62. The lowest BCUT2D eigenvalue weighted by Gasteiger charge is -2.22. The number of carbonyl (C=O) groups is 1. The zero-order chi connectivity index (χ0) is 20.0. The molecule has 0 aromatic heterocycles. The van der Waals surface area contributed by atoms with Gasteiger partial charge in [0, 0.05) is 19.0 Å². The quantitative estimate of drug-likeness (QED) is 0.742. The second kappa shape index (κ2) is 8.72. The zero-order valence-corrected chi connectivity index (χ0v) is 16.0. The molecular weight excluding hydrogens is 375 g/mol. The number of sulfonamides is 1. The molecule has 1 amide bonds. The highest BCUT2D eigenvalue weighted by molar-refractivity contribution is 7.92. The normalized spacial score (nSPS) is 11.0. The van der Waals surface area contributed by atoms with E-state index in [0.29, 0.717) is 17.2 Å². The molecule has 2 rings (SSSR count). The molecule has 0 radical (unpaired) electrons. The molecule has 0 unspecified atom stereocenters. The summed E-state index contributed by atoms with van der Waals surface area (Å²) < 4.78 is 49.2. The van der Waals surface area contributed by atoms with Gasteiger partial charge < -0.3 is 14.8 Å². The minimum atomic E-state index is -3.76. The number of hydrogen-bond donors (Lipinski definition) is 1. The highest BCUT2D eigenvalue weighted by Crippen LogP contribution is 2.29. The average Bonchev–Trinajstić information content (AvgIpc) is 2.62. The molecule has 27 heavy (non-hydrogen) atoms. The molecule has 7 nitrogen and oxygen atoms in total. The summed E-state index contributed by atoms with van der Waals surface area (Å²) in [7, 11) is -0.813. The number of nitrogens with zero attached hydrogens (tertiary/aromatic N) is 1. The molecular formula is C18H21FN2O5S. The van der Waals surface area contributed by atoms with Gasteiger partial charge in [-0.3, -0.25) is 9.10 Å². The SMILES string of the molecule is COc1ccc(OC)c(NC(=O)CCN(c2ccccc2F)S(C)(=O)=O)c1. The highest BCUT2D eigenvalue weighted by Gasteiger charge is 2.21. The Morgan fingerprint density at radius 3 is 2.44 bits per heavy atom. The first-order valence-electron chi connectivity index (χ1n) is 8.00. The summed E-state index contributed by atoms with van der Waals surface area (Å²) >= 11 is 0. The molecule has 0 saturated carbocycles. The number of ether oxygens (including phenoxy) is 2. The Morgan fingerprint density at radius 2 is 1.85 bits per heavy atom. The number of amides is 1. The minimum Gasteiger partial charge on any atom is -0.497 e. The predicted molar refractivity (Wildman–Crippen MR) is 101 cm³/mol. The van der Waals surface area contributed by atoms with Gasteiger partial charge in [0.25, 0.3) is 0 Å². The van der Waals surface area contributed by atoms with E-state index < -0.39 is 21.7 Å². The van der Waals surface area contributed by atoms with Crippen molar-refractivity contribution >= 4 is 27.3 Å². The van der Waals surface area contributed by atoms with E-state index in [0.717, 1.165) is 16.6 Å². The fraction of sp³-hybridized carbons (Fsp3) is 0.278. The van der Waals surface area contributed by atoms with Crippen LogP contribution in [0.4, 0.5) is 15.8 Å². The molecule has 1 N–H and O–H groups in total. The first-order chi connectivity index (χ1) is 12.8. The summed E-state index contributed by atoms with van der Waals surface area (Å²) in [6, 6.07) is 10.4. The van der Waals surface area contributed by atoms with Crippen LogP contribution in [0.3, 0.4) is 0 Å². The fourth-order valence-corrected chi connectivity index (χ4v) is 3.37. The van der Waals surface area contributed by atoms with Crippen molar-refractivity contribution in [2.75, 3.05) is 36.6 Å². The van der Waals surface area contributed by atoms with Crippen molar-refractivity contribution in [1.29, 1.82) is 0 Å². The molecule has 9 heteroatoms. The molecule has 2 aromatic rings. The van der Waals surface area contributed by atoms with E-state index in [-0.39, 0.29) is 18.7 Å². The van der Waals surface area contributed by atoms with Crippen molar-refractivity contribution in [3.05, 3.63) is 48.3 Å². The van der Waals surface area contributed by atoms with Gasteiger partial charge in [-0.15, -0.1) is 0 Å². The number of carbonyl (C=O) groups excluding carboxylic acids is 1. The van der Waals surface area contributed by atoms with E-state index in [4.69, 9.17) is 9.47 Å². The van der Waals surface area contributed by atoms with Gasteiger partial charge in [-0.1, -0.05) is 12.1 Å². The number of halogens is 1. The van der Waals surface area contributed by atoms with E-state index >= 15 is 0 Å². The van der Waals surface area contributed by atoms with Crippen LogP contribution in [0.1, 0.15) is 6.42 Å². The third-order valence-electron chi connectivity index (χ3n) is 3.74. The molecule has 0 aliphatic heterocycles. The topological polar surface area (TPSA) is 84.9 Å². The first kappa shape index (κ1) is 20.5. The smallest absolute Gasteiger partial charge is 0.232 e. The van der Waals surface area contributed by atoms with Gasteiger partial charge in [-0.2, -0.15) is 0 Å². The van der Waals surface area contributed by atoms with Crippen molar-refractivity contribution in [2.45, 2.75) is 6.42 Å². The molecule has 2 aromatic carbocycles. The molecule has 0 bridgehead atoms. The molecule has 0 spiro atoms. The summed E-state index contributed by atoms with van der Waals surface area (Å²) in [4.78, 5) is 12.3. The van der Waals surface area contributed by atoms with Gasteiger partial charge in [-0.25, -0.2) is 12.8 Å². The van der Waals surface area contributed by atoms with Crippen LogP contribution in [0.2, 0.25) is 0 Å². The van der Waals surface area contributed by atoms with Crippen molar-refractivity contribution in [2.24, 2.45) is 0 Å². The third-order valence-corrected chi connectivity index (χ3v) is 4.92. The Hall–Kier alpha value is -2.81. The van der Waals surface area contributed by atoms with Crippen LogP contribution < -0.4 is 19.1 Å². The lowest BCUT2D eigenvalue weighted by Crippen LogP contribution is -2.33. The second-order valence-electron chi connectivity index (χ2n) is 5.65. The standard InChI is InChI=1S/C18H21FN2O5S/c1-25-13-8-9-17(26-2)15(12-13)20-18(22)10-11-21(27(3,23)24)16-7-5-4-6-14(16)19/h4-9,12H,10-11H2,1-3H3,(H,20,22). The summed E-state index contributed by atoms with van der Waals surface area (Å²) in [5.41, 5.74) is 0.283. The third kappa shape index (κ3) is 5.33. The Morgan fingerprint density at radius 1 is 1.15 bits per heavy atom. The van der Waals surface area contributed by atoms with Gasteiger partial charge in [0.05, 0.1) is 31.9 Å². The average molecular weight is 396 g/mol. The summed E-state index contributed by atoms with van der Waals surface area (Å²) in [5, 5.41) is 2.65. The molecule has 146 valence electrons. The molecule has 0 saturated heterocycles. The van der Waals surface area contributed by atoms with Gasteiger partial charge in [-0.05, 0) is 24.3 Å². The van der Waals surface area contributed by atoms with E-state index in [1.54, 1.807) is 18.2 Å². The van der Waals surface area contributed by atoms with E-state index in [2.05, 4.69) is 5.32 Å². The molecule has 0 atom stereocenters. The monoisotopic (exact) mass is 396 g/mol. The van der Waals surface area contributed by atoms with E-state index in [1.807, 2.05) is 0 Å². The second-order valence-corrected chi connectivity index (χ2v) is 7.56. The number of hydrogen-bond acceptors (Lipinski definition) is 5. The van der Waals surface area contributed by atoms with Crippen LogP contribution in [0.15, 0.2) is 42.5 Å². The highest BCUT2D eigenvalue weighted by atomic mass is 32.2. The summed E-state index contributed by atoms with van der Waals surface area (Å²) in [5.74, 6) is -0.183. The lowest BCUT2D eigenvalue weighted by molar-refractivity contribution is -0.116. The maximum Gasteiger partial charge on any atom is 0.232 e. The van der Waals surface area contributed by atoms with Gasteiger partial charge >= 0.3 is 0 Å². The number of nitrogens with one attached hydrogen (secondary N) is 1. The van der Waals surface area contributed by atoms with Gasteiger partial charge in [0.1, 0.15) is 17.3 Å².